The Morgan fingerprint density at radius 3 is 2.52 bits per heavy atom. The second-order valence-electron chi connectivity index (χ2n) is 6.24. The Hall–Kier alpha value is -1.81. The molecule has 1 amide bonds. The van der Waals surface area contributed by atoms with Gasteiger partial charge in [0.2, 0.25) is 0 Å². The molecule has 1 saturated heterocycles. The molecule has 2 heterocycles. The van der Waals surface area contributed by atoms with Crippen molar-refractivity contribution >= 4 is 11.5 Å². The number of carbonyl (C=O) groups excluding carboxylic acids is 1. The molecule has 0 radical (unpaired) electrons. The first-order valence-electron chi connectivity index (χ1n) is 8.72. The van der Waals surface area contributed by atoms with Crippen LogP contribution in [-0.4, -0.2) is 55.0 Å². The molecule has 2 aliphatic heterocycles. The van der Waals surface area contributed by atoms with Gasteiger partial charge >= 0.3 is 0 Å². The SMILES string of the molecule is CCN1CC(c2ccccc2)=C(OCCN2CCCCC2)C1=O. The highest BCUT2D eigenvalue weighted by Crippen LogP contribution is 2.28. The molecule has 1 aromatic carbocycles. The fourth-order valence-electron chi connectivity index (χ4n) is 3.33. The Morgan fingerprint density at radius 2 is 1.83 bits per heavy atom. The minimum atomic E-state index is 0.0324. The molecule has 2 aliphatic rings. The summed E-state index contributed by atoms with van der Waals surface area (Å²) in [7, 11) is 0. The molecule has 0 aliphatic carbocycles. The topological polar surface area (TPSA) is 32.8 Å². The van der Waals surface area contributed by atoms with E-state index in [0.717, 1.165) is 30.8 Å². The van der Waals surface area contributed by atoms with Gasteiger partial charge < -0.3 is 9.64 Å². The highest BCUT2D eigenvalue weighted by Gasteiger charge is 2.31. The summed E-state index contributed by atoms with van der Waals surface area (Å²) in [5, 5.41) is 0. The van der Waals surface area contributed by atoms with Gasteiger partial charge in [0.25, 0.3) is 5.91 Å². The number of piperidine rings is 1. The van der Waals surface area contributed by atoms with E-state index in [0.29, 0.717) is 25.5 Å². The normalized spacial score (nSPS) is 19.5. The lowest BCUT2D eigenvalue weighted by molar-refractivity contribution is -0.128. The van der Waals surface area contributed by atoms with E-state index < -0.39 is 0 Å². The predicted octanol–water partition coefficient (Wildman–Crippen LogP) is 2.76. The standard InChI is InChI=1S/C19H26N2O2/c1-2-21-15-17(16-9-5-3-6-10-16)18(19(21)22)23-14-13-20-11-7-4-8-12-20/h3,5-6,9-10H,2,4,7-8,11-15H2,1H3. The summed E-state index contributed by atoms with van der Waals surface area (Å²) in [6.07, 6.45) is 3.89. The second-order valence-corrected chi connectivity index (χ2v) is 6.24. The van der Waals surface area contributed by atoms with Gasteiger partial charge in [-0.3, -0.25) is 9.69 Å². The van der Waals surface area contributed by atoms with Crippen LogP contribution in [0.2, 0.25) is 0 Å². The quantitative estimate of drug-likeness (QED) is 0.809. The van der Waals surface area contributed by atoms with Crippen molar-refractivity contribution in [2.24, 2.45) is 0 Å². The van der Waals surface area contributed by atoms with E-state index in [1.165, 1.54) is 19.3 Å². The van der Waals surface area contributed by atoms with Crippen LogP contribution in [0, 0.1) is 0 Å². The van der Waals surface area contributed by atoms with Gasteiger partial charge in [0.15, 0.2) is 5.76 Å². The molecule has 0 unspecified atom stereocenters. The molecule has 1 fully saturated rings. The second kappa shape index (κ2) is 7.64. The molecule has 0 spiro atoms. The fourth-order valence-corrected chi connectivity index (χ4v) is 3.33. The molecule has 1 aromatic rings. The van der Waals surface area contributed by atoms with Crippen LogP contribution in [0.1, 0.15) is 31.7 Å². The fraction of sp³-hybridized carbons (Fsp3) is 0.526. The van der Waals surface area contributed by atoms with Gasteiger partial charge in [-0.25, -0.2) is 0 Å². The van der Waals surface area contributed by atoms with Crippen molar-refractivity contribution in [2.75, 3.05) is 39.3 Å². The monoisotopic (exact) mass is 314 g/mol. The average Bonchev–Trinajstić information content (AvgIpc) is 2.93. The number of ether oxygens (including phenoxy) is 1. The van der Waals surface area contributed by atoms with Crippen LogP contribution in [-0.2, 0) is 9.53 Å². The van der Waals surface area contributed by atoms with Crippen LogP contribution in [0.3, 0.4) is 0 Å². The lowest BCUT2D eigenvalue weighted by Gasteiger charge is -2.26. The highest BCUT2D eigenvalue weighted by molar-refractivity contribution is 6.04. The van der Waals surface area contributed by atoms with E-state index in [4.69, 9.17) is 4.74 Å². The maximum atomic E-state index is 12.5. The van der Waals surface area contributed by atoms with Gasteiger partial charge in [0.1, 0.15) is 6.61 Å². The summed E-state index contributed by atoms with van der Waals surface area (Å²) in [6, 6.07) is 10.1. The molecular formula is C19H26N2O2. The minimum absolute atomic E-state index is 0.0324. The number of rotatable bonds is 6. The van der Waals surface area contributed by atoms with Crippen LogP contribution in [0.5, 0.6) is 0 Å². The van der Waals surface area contributed by atoms with Crippen molar-refractivity contribution < 1.29 is 9.53 Å². The van der Waals surface area contributed by atoms with E-state index in [9.17, 15) is 4.79 Å². The molecule has 4 nitrogen and oxygen atoms in total. The zero-order valence-corrected chi connectivity index (χ0v) is 14.0. The number of amides is 1. The Kier molecular flexibility index (Phi) is 5.34. The maximum absolute atomic E-state index is 12.5. The average molecular weight is 314 g/mol. The van der Waals surface area contributed by atoms with Gasteiger partial charge in [0.05, 0.1) is 6.54 Å². The van der Waals surface area contributed by atoms with Gasteiger partial charge in [-0.15, -0.1) is 0 Å². The molecule has 0 saturated carbocycles. The summed E-state index contributed by atoms with van der Waals surface area (Å²) in [5.41, 5.74) is 2.11. The number of hydrogen-bond donors (Lipinski definition) is 0. The molecule has 124 valence electrons. The van der Waals surface area contributed by atoms with Gasteiger partial charge in [-0.1, -0.05) is 36.8 Å². The Morgan fingerprint density at radius 1 is 1.09 bits per heavy atom. The number of hydrogen-bond acceptors (Lipinski definition) is 3. The highest BCUT2D eigenvalue weighted by atomic mass is 16.5. The van der Waals surface area contributed by atoms with Crippen molar-refractivity contribution in [3.05, 3.63) is 41.7 Å². The summed E-state index contributed by atoms with van der Waals surface area (Å²) in [5.74, 6) is 0.583. The molecule has 0 N–H and O–H groups in total. The van der Waals surface area contributed by atoms with Crippen molar-refractivity contribution in [3.63, 3.8) is 0 Å². The summed E-state index contributed by atoms with van der Waals surface area (Å²) >= 11 is 0. The first-order chi connectivity index (χ1) is 11.3. The van der Waals surface area contributed by atoms with E-state index in [1.54, 1.807) is 0 Å². The van der Waals surface area contributed by atoms with Crippen molar-refractivity contribution in [2.45, 2.75) is 26.2 Å². The van der Waals surface area contributed by atoms with Crippen LogP contribution >= 0.6 is 0 Å². The molecule has 3 rings (SSSR count). The van der Waals surface area contributed by atoms with Crippen LogP contribution in [0.4, 0.5) is 0 Å². The van der Waals surface area contributed by atoms with Crippen LogP contribution in [0.25, 0.3) is 5.57 Å². The Labute approximate surface area is 138 Å². The molecule has 0 bridgehead atoms. The van der Waals surface area contributed by atoms with E-state index in [-0.39, 0.29) is 5.91 Å². The lowest BCUT2D eigenvalue weighted by atomic mass is 10.1. The summed E-state index contributed by atoms with van der Waals surface area (Å²) in [6.45, 7) is 7.19. The van der Waals surface area contributed by atoms with Gasteiger partial charge in [-0.2, -0.15) is 0 Å². The molecule has 0 atom stereocenters. The molecule has 4 heteroatoms. The zero-order valence-electron chi connectivity index (χ0n) is 14.0. The smallest absolute Gasteiger partial charge is 0.289 e. The van der Waals surface area contributed by atoms with E-state index >= 15 is 0 Å². The number of likely N-dealkylation sites (N-methyl/N-ethyl adjacent to an activating group) is 1. The molecular weight excluding hydrogens is 288 g/mol. The third-order valence-corrected chi connectivity index (χ3v) is 4.71. The number of benzene rings is 1. The summed E-state index contributed by atoms with van der Waals surface area (Å²) < 4.78 is 5.96. The van der Waals surface area contributed by atoms with Crippen molar-refractivity contribution in [1.29, 1.82) is 0 Å². The Balaban J connectivity index is 1.68. The number of carbonyl (C=O) groups is 1. The molecule has 23 heavy (non-hydrogen) atoms. The first-order valence-corrected chi connectivity index (χ1v) is 8.72. The van der Waals surface area contributed by atoms with Gasteiger partial charge in [0, 0.05) is 18.7 Å². The number of nitrogens with zero attached hydrogens (tertiary/aromatic N) is 2. The third kappa shape index (κ3) is 3.75. The Bertz CT molecular complexity index is 562. The third-order valence-electron chi connectivity index (χ3n) is 4.71. The van der Waals surface area contributed by atoms with Crippen LogP contribution in [0.15, 0.2) is 36.1 Å². The lowest BCUT2D eigenvalue weighted by Crippen LogP contribution is -2.33. The summed E-state index contributed by atoms with van der Waals surface area (Å²) in [4.78, 5) is 16.8. The number of likely N-dealkylation sites (tertiary alicyclic amines) is 1. The predicted molar refractivity (Wildman–Crippen MR) is 91.9 cm³/mol. The first kappa shape index (κ1) is 16.1. The minimum Gasteiger partial charge on any atom is -0.486 e. The molecule has 0 aromatic heterocycles. The van der Waals surface area contributed by atoms with Gasteiger partial charge in [-0.05, 0) is 38.4 Å². The van der Waals surface area contributed by atoms with E-state index in [1.807, 2.05) is 30.0 Å². The largest absolute Gasteiger partial charge is 0.486 e. The maximum Gasteiger partial charge on any atom is 0.289 e. The van der Waals surface area contributed by atoms with Crippen LogP contribution < -0.4 is 0 Å². The van der Waals surface area contributed by atoms with Crippen molar-refractivity contribution in [3.8, 4) is 0 Å². The van der Waals surface area contributed by atoms with E-state index in [2.05, 4.69) is 17.0 Å². The zero-order chi connectivity index (χ0) is 16.1. The van der Waals surface area contributed by atoms with Crippen molar-refractivity contribution in [1.82, 2.24) is 9.80 Å².